The molecule has 0 spiro atoms. The molecule has 0 bridgehead atoms. The summed E-state index contributed by atoms with van der Waals surface area (Å²) in [5.41, 5.74) is 1.30. The molecule has 0 radical (unpaired) electrons. The molecule has 2 heterocycles. The van der Waals surface area contributed by atoms with Crippen LogP contribution in [0.4, 0.5) is 4.79 Å². The average molecular weight is 382 g/mol. The molecular weight excluding hydrogens is 356 g/mol. The maximum atomic E-state index is 12.4. The van der Waals surface area contributed by atoms with E-state index in [9.17, 15) is 9.59 Å². The van der Waals surface area contributed by atoms with Crippen LogP contribution in [0.3, 0.4) is 0 Å². The summed E-state index contributed by atoms with van der Waals surface area (Å²) in [6.07, 6.45) is 6.57. The molecule has 28 heavy (non-hydrogen) atoms. The third kappa shape index (κ3) is 5.22. The number of hydrogen-bond acceptors (Lipinski definition) is 4. The van der Waals surface area contributed by atoms with E-state index >= 15 is 0 Å². The molecule has 1 aromatic heterocycles. The van der Waals surface area contributed by atoms with Crippen LogP contribution in [0.5, 0.6) is 0 Å². The van der Waals surface area contributed by atoms with Crippen molar-refractivity contribution in [2.45, 2.75) is 26.4 Å². The molecule has 148 valence electrons. The van der Waals surface area contributed by atoms with Crippen molar-refractivity contribution >= 4 is 18.1 Å². The van der Waals surface area contributed by atoms with Crippen molar-refractivity contribution in [3.8, 4) is 5.69 Å². The number of ether oxygens (including phenoxy) is 1. The standard InChI is InChI=1S/C21H26N4O3/c1-21(2,3)28-20(27)24-13-11-23(12-14-24)19(26)10-9-17-15-22-25(16-17)18-7-5-4-6-8-18/h4-10,15-16H,11-14H2,1-3H3/b10-9+. The Balaban J connectivity index is 1.52. The smallest absolute Gasteiger partial charge is 0.410 e. The van der Waals surface area contributed by atoms with Gasteiger partial charge >= 0.3 is 6.09 Å². The van der Waals surface area contributed by atoms with Gasteiger partial charge in [0.05, 0.1) is 11.9 Å². The zero-order valence-corrected chi connectivity index (χ0v) is 16.5. The van der Waals surface area contributed by atoms with Crippen molar-refractivity contribution in [2.24, 2.45) is 0 Å². The third-order valence-corrected chi connectivity index (χ3v) is 4.28. The van der Waals surface area contributed by atoms with Gasteiger partial charge in [0.1, 0.15) is 5.60 Å². The normalized spacial score (nSPS) is 15.1. The SMILES string of the molecule is CC(C)(C)OC(=O)N1CCN(C(=O)/C=C/c2cnn(-c3ccccc3)c2)CC1. The molecule has 7 heteroatoms. The second-order valence-electron chi connectivity index (χ2n) is 7.68. The monoisotopic (exact) mass is 382 g/mol. The van der Waals surface area contributed by atoms with Crippen LogP contribution in [0, 0.1) is 0 Å². The van der Waals surface area contributed by atoms with Gasteiger partial charge in [-0.25, -0.2) is 9.48 Å². The first-order valence-electron chi connectivity index (χ1n) is 9.37. The Morgan fingerprint density at radius 2 is 1.68 bits per heavy atom. The van der Waals surface area contributed by atoms with Crippen LogP contribution in [0.15, 0.2) is 48.8 Å². The molecule has 0 atom stereocenters. The number of para-hydroxylation sites is 1. The molecule has 1 aliphatic heterocycles. The minimum atomic E-state index is -0.517. The van der Waals surface area contributed by atoms with E-state index in [0.29, 0.717) is 26.2 Å². The van der Waals surface area contributed by atoms with Crippen molar-refractivity contribution in [3.05, 3.63) is 54.4 Å². The van der Waals surface area contributed by atoms with E-state index in [2.05, 4.69) is 5.10 Å². The van der Waals surface area contributed by atoms with Gasteiger partial charge < -0.3 is 14.5 Å². The zero-order valence-electron chi connectivity index (χ0n) is 16.5. The summed E-state index contributed by atoms with van der Waals surface area (Å²) in [4.78, 5) is 27.9. The first-order chi connectivity index (χ1) is 13.3. The fourth-order valence-corrected chi connectivity index (χ4v) is 2.85. The largest absolute Gasteiger partial charge is 0.444 e. The number of nitrogens with zero attached hydrogens (tertiary/aromatic N) is 4. The highest BCUT2D eigenvalue weighted by Gasteiger charge is 2.26. The Morgan fingerprint density at radius 3 is 2.32 bits per heavy atom. The van der Waals surface area contributed by atoms with Gasteiger partial charge in [0.25, 0.3) is 0 Å². The Labute approximate surface area is 165 Å². The number of rotatable bonds is 3. The number of carbonyl (C=O) groups excluding carboxylic acids is 2. The summed E-state index contributed by atoms with van der Waals surface area (Å²) in [7, 11) is 0. The number of piperazine rings is 1. The summed E-state index contributed by atoms with van der Waals surface area (Å²) in [5.74, 6) is -0.0729. The van der Waals surface area contributed by atoms with Crippen LogP contribution in [-0.4, -0.2) is 63.4 Å². The Bertz CT molecular complexity index is 844. The van der Waals surface area contributed by atoms with Crippen LogP contribution in [0.1, 0.15) is 26.3 Å². The lowest BCUT2D eigenvalue weighted by atomic mass is 10.2. The molecule has 3 rings (SSSR count). The molecule has 1 saturated heterocycles. The van der Waals surface area contributed by atoms with E-state index in [1.807, 2.05) is 57.3 Å². The van der Waals surface area contributed by atoms with Gasteiger partial charge in [-0.1, -0.05) is 18.2 Å². The van der Waals surface area contributed by atoms with E-state index < -0.39 is 5.60 Å². The van der Waals surface area contributed by atoms with Gasteiger partial charge in [-0.15, -0.1) is 0 Å². The highest BCUT2D eigenvalue weighted by atomic mass is 16.6. The summed E-state index contributed by atoms with van der Waals surface area (Å²) in [5, 5.41) is 4.32. The molecule has 1 aromatic carbocycles. The van der Waals surface area contributed by atoms with Crippen LogP contribution in [-0.2, 0) is 9.53 Å². The minimum absolute atomic E-state index is 0.0729. The van der Waals surface area contributed by atoms with Gasteiger partial charge in [0.15, 0.2) is 0 Å². The molecule has 0 saturated carbocycles. The fraction of sp³-hybridized carbons (Fsp3) is 0.381. The molecule has 7 nitrogen and oxygen atoms in total. The van der Waals surface area contributed by atoms with E-state index in [1.165, 1.54) is 0 Å². The maximum Gasteiger partial charge on any atom is 0.410 e. The van der Waals surface area contributed by atoms with Gasteiger partial charge in [-0.05, 0) is 39.0 Å². The van der Waals surface area contributed by atoms with Crippen molar-refractivity contribution in [1.82, 2.24) is 19.6 Å². The second-order valence-corrected chi connectivity index (χ2v) is 7.68. The molecular formula is C21H26N4O3. The van der Waals surface area contributed by atoms with E-state index in [0.717, 1.165) is 11.3 Å². The predicted octanol–water partition coefficient (Wildman–Crippen LogP) is 2.96. The number of aromatic nitrogens is 2. The Morgan fingerprint density at radius 1 is 1.04 bits per heavy atom. The zero-order chi connectivity index (χ0) is 20.1. The Kier molecular flexibility index (Phi) is 5.82. The maximum absolute atomic E-state index is 12.4. The number of carbonyl (C=O) groups is 2. The fourth-order valence-electron chi connectivity index (χ4n) is 2.85. The molecule has 1 aliphatic rings. The lowest BCUT2D eigenvalue weighted by Crippen LogP contribution is -2.51. The van der Waals surface area contributed by atoms with Crippen LogP contribution >= 0.6 is 0 Å². The van der Waals surface area contributed by atoms with Crippen LogP contribution < -0.4 is 0 Å². The molecule has 2 aromatic rings. The summed E-state index contributed by atoms with van der Waals surface area (Å²) >= 11 is 0. The van der Waals surface area contributed by atoms with Crippen molar-refractivity contribution in [2.75, 3.05) is 26.2 Å². The third-order valence-electron chi connectivity index (χ3n) is 4.28. The van der Waals surface area contributed by atoms with Crippen molar-refractivity contribution in [3.63, 3.8) is 0 Å². The minimum Gasteiger partial charge on any atom is -0.444 e. The van der Waals surface area contributed by atoms with Crippen LogP contribution in [0.25, 0.3) is 11.8 Å². The highest BCUT2D eigenvalue weighted by Crippen LogP contribution is 2.13. The molecule has 0 N–H and O–H groups in total. The van der Waals surface area contributed by atoms with Crippen LogP contribution in [0.2, 0.25) is 0 Å². The lowest BCUT2D eigenvalue weighted by molar-refractivity contribution is -0.127. The van der Waals surface area contributed by atoms with E-state index in [4.69, 9.17) is 4.74 Å². The molecule has 0 aliphatic carbocycles. The van der Waals surface area contributed by atoms with Gasteiger partial charge in [-0.2, -0.15) is 5.10 Å². The molecule has 2 amide bonds. The average Bonchev–Trinajstić information content (AvgIpc) is 3.15. The predicted molar refractivity (Wildman–Crippen MR) is 107 cm³/mol. The van der Waals surface area contributed by atoms with Gasteiger partial charge in [0.2, 0.25) is 5.91 Å². The van der Waals surface area contributed by atoms with E-state index in [1.54, 1.807) is 32.8 Å². The van der Waals surface area contributed by atoms with Crippen molar-refractivity contribution < 1.29 is 14.3 Å². The van der Waals surface area contributed by atoms with Gasteiger partial charge in [-0.3, -0.25) is 4.79 Å². The second kappa shape index (κ2) is 8.29. The number of amides is 2. The topological polar surface area (TPSA) is 67.7 Å². The first-order valence-corrected chi connectivity index (χ1v) is 9.37. The van der Waals surface area contributed by atoms with Crippen molar-refractivity contribution in [1.29, 1.82) is 0 Å². The summed E-state index contributed by atoms with van der Waals surface area (Å²) < 4.78 is 7.14. The Hall–Kier alpha value is -3.09. The summed E-state index contributed by atoms with van der Waals surface area (Å²) in [6, 6.07) is 9.79. The highest BCUT2D eigenvalue weighted by molar-refractivity contribution is 5.91. The summed E-state index contributed by atoms with van der Waals surface area (Å²) in [6.45, 7) is 7.46. The number of benzene rings is 1. The quantitative estimate of drug-likeness (QED) is 0.766. The van der Waals surface area contributed by atoms with E-state index in [-0.39, 0.29) is 12.0 Å². The lowest BCUT2D eigenvalue weighted by Gasteiger charge is -2.35. The molecule has 1 fully saturated rings. The molecule has 0 unspecified atom stereocenters. The first kappa shape index (κ1) is 19.7. The van der Waals surface area contributed by atoms with Gasteiger partial charge in [0, 0.05) is 44.0 Å². The number of hydrogen-bond donors (Lipinski definition) is 0.